The molecule has 0 amide bonds. The Kier molecular flexibility index (Phi) is 3.57. The largest absolute Gasteiger partial charge is 0.290 e. The molecule has 1 aliphatic rings. The molecule has 0 aromatic carbocycles. The molecule has 0 spiro atoms. The van der Waals surface area contributed by atoms with Crippen molar-refractivity contribution >= 4 is 33.3 Å². The molecule has 4 nitrogen and oxygen atoms in total. The van der Waals surface area contributed by atoms with Crippen LogP contribution in [0.1, 0.15) is 30.2 Å². The number of thioether (sulfide) groups is 1. The normalized spacial score (nSPS) is 15.8. The van der Waals surface area contributed by atoms with E-state index in [0.29, 0.717) is 5.16 Å². The van der Waals surface area contributed by atoms with Crippen LogP contribution in [0, 0.1) is 11.3 Å². The quantitative estimate of drug-likeness (QED) is 0.632. The minimum absolute atomic E-state index is 0.0297. The van der Waals surface area contributed by atoms with E-state index in [0.717, 1.165) is 29.5 Å². The predicted octanol–water partition coefficient (Wildman–Crippen LogP) is 2.88. The first-order chi connectivity index (χ1) is 9.61. The summed E-state index contributed by atoms with van der Waals surface area (Å²) in [6.45, 7) is 1.82. The van der Waals surface area contributed by atoms with E-state index in [1.54, 1.807) is 23.0 Å². The summed E-state index contributed by atoms with van der Waals surface area (Å²) in [5.74, 6) is 0. The molecule has 0 fully saturated rings. The molecule has 1 atom stereocenters. The van der Waals surface area contributed by atoms with Crippen LogP contribution in [0.5, 0.6) is 0 Å². The molecular formula is C14H15N3OS2. The number of thiophene rings is 1. The van der Waals surface area contributed by atoms with Crippen molar-refractivity contribution in [2.45, 2.75) is 43.0 Å². The molecule has 0 saturated heterocycles. The third kappa shape index (κ3) is 2.15. The fourth-order valence-corrected chi connectivity index (χ4v) is 4.62. The van der Waals surface area contributed by atoms with Crippen molar-refractivity contribution in [2.75, 3.05) is 0 Å². The summed E-state index contributed by atoms with van der Waals surface area (Å²) in [6, 6.07) is 2.17. The van der Waals surface area contributed by atoms with E-state index < -0.39 is 0 Å². The Labute approximate surface area is 125 Å². The average molecular weight is 305 g/mol. The van der Waals surface area contributed by atoms with Crippen molar-refractivity contribution in [3.05, 3.63) is 20.8 Å². The highest BCUT2D eigenvalue weighted by Gasteiger charge is 2.21. The number of rotatable bonds is 2. The molecule has 20 heavy (non-hydrogen) atoms. The van der Waals surface area contributed by atoms with Crippen molar-refractivity contribution < 1.29 is 0 Å². The van der Waals surface area contributed by atoms with E-state index in [2.05, 4.69) is 11.1 Å². The first-order valence-corrected chi connectivity index (χ1v) is 8.39. The van der Waals surface area contributed by atoms with Gasteiger partial charge in [0.15, 0.2) is 5.16 Å². The number of hydrogen-bond acceptors (Lipinski definition) is 5. The van der Waals surface area contributed by atoms with Crippen LogP contribution in [0.15, 0.2) is 9.95 Å². The van der Waals surface area contributed by atoms with Crippen LogP contribution >= 0.6 is 23.1 Å². The van der Waals surface area contributed by atoms with Crippen molar-refractivity contribution in [1.82, 2.24) is 9.55 Å². The molecule has 0 N–H and O–H groups in total. The van der Waals surface area contributed by atoms with E-state index >= 15 is 0 Å². The predicted molar refractivity (Wildman–Crippen MR) is 82.4 cm³/mol. The van der Waals surface area contributed by atoms with Crippen molar-refractivity contribution in [2.24, 2.45) is 7.05 Å². The molecule has 1 aliphatic carbocycles. The van der Waals surface area contributed by atoms with Crippen molar-refractivity contribution in [3.8, 4) is 6.07 Å². The Hall–Kier alpha value is -1.32. The van der Waals surface area contributed by atoms with Gasteiger partial charge in [-0.15, -0.1) is 11.3 Å². The summed E-state index contributed by atoms with van der Waals surface area (Å²) in [6.07, 6.45) is 4.42. The summed E-state index contributed by atoms with van der Waals surface area (Å²) >= 11 is 2.99. The molecule has 0 bridgehead atoms. The van der Waals surface area contributed by atoms with E-state index in [1.165, 1.54) is 28.6 Å². The van der Waals surface area contributed by atoms with Crippen LogP contribution < -0.4 is 5.56 Å². The maximum Gasteiger partial charge on any atom is 0.262 e. The topological polar surface area (TPSA) is 58.7 Å². The molecule has 1 unspecified atom stereocenters. The number of fused-ring (bicyclic) bond motifs is 3. The standard InChI is InChI=1S/C14H15N3OS2/c1-8(7-15)19-14-16-12-11(13(18)17(14)2)9-5-3-4-6-10(9)20-12/h8H,3-6H2,1-2H3. The highest BCUT2D eigenvalue weighted by atomic mass is 32.2. The van der Waals surface area contributed by atoms with Gasteiger partial charge in [0, 0.05) is 11.9 Å². The second kappa shape index (κ2) is 5.23. The molecule has 2 aromatic rings. The van der Waals surface area contributed by atoms with Crippen molar-refractivity contribution in [1.29, 1.82) is 5.26 Å². The number of nitrogens with zero attached hydrogens (tertiary/aromatic N) is 3. The maximum atomic E-state index is 12.6. The Morgan fingerprint density at radius 1 is 1.45 bits per heavy atom. The Morgan fingerprint density at radius 2 is 2.20 bits per heavy atom. The third-order valence-corrected chi connectivity index (χ3v) is 5.84. The van der Waals surface area contributed by atoms with Crippen LogP contribution in [-0.4, -0.2) is 14.8 Å². The lowest BCUT2D eigenvalue weighted by molar-refractivity contribution is 0.695. The molecule has 104 valence electrons. The SMILES string of the molecule is CC(C#N)Sc1nc2sc3c(c2c(=O)n1C)CCCC3. The monoisotopic (exact) mass is 305 g/mol. The Morgan fingerprint density at radius 3 is 2.95 bits per heavy atom. The third-order valence-electron chi connectivity index (χ3n) is 3.62. The van der Waals surface area contributed by atoms with Crippen LogP contribution in [0.2, 0.25) is 0 Å². The molecule has 0 saturated carbocycles. The molecule has 2 aromatic heterocycles. The first kappa shape index (κ1) is 13.7. The Balaban J connectivity index is 2.20. The number of aromatic nitrogens is 2. The van der Waals surface area contributed by atoms with Gasteiger partial charge in [0.25, 0.3) is 5.56 Å². The lowest BCUT2D eigenvalue weighted by Gasteiger charge is -2.11. The Bertz CT molecular complexity index is 769. The average Bonchev–Trinajstić information content (AvgIpc) is 2.82. The van der Waals surface area contributed by atoms with Gasteiger partial charge in [0.1, 0.15) is 4.83 Å². The minimum atomic E-state index is -0.208. The number of nitriles is 1. The van der Waals surface area contributed by atoms with Crippen LogP contribution in [0.25, 0.3) is 10.2 Å². The zero-order valence-electron chi connectivity index (χ0n) is 11.5. The molecule has 6 heteroatoms. The van der Waals surface area contributed by atoms with Gasteiger partial charge in [-0.05, 0) is 38.2 Å². The van der Waals surface area contributed by atoms with Gasteiger partial charge >= 0.3 is 0 Å². The summed E-state index contributed by atoms with van der Waals surface area (Å²) in [5.41, 5.74) is 1.25. The van der Waals surface area contributed by atoms with Crippen LogP contribution in [0.3, 0.4) is 0 Å². The van der Waals surface area contributed by atoms with E-state index in [9.17, 15) is 4.79 Å². The highest BCUT2D eigenvalue weighted by Crippen LogP contribution is 2.34. The van der Waals surface area contributed by atoms with E-state index in [4.69, 9.17) is 5.26 Å². The van der Waals surface area contributed by atoms with Crippen molar-refractivity contribution in [3.63, 3.8) is 0 Å². The zero-order valence-corrected chi connectivity index (χ0v) is 13.1. The lowest BCUT2D eigenvalue weighted by atomic mass is 9.97. The van der Waals surface area contributed by atoms with Gasteiger partial charge in [0.05, 0.1) is 16.7 Å². The molecule has 3 rings (SSSR count). The van der Waals surface area contributed by atoms with E-state index in [-0.39, 0.29) is 10.8 Å². The number of hydrogen-bond donors (Lipinski definition) is 0. The molecule has 0 radical (unpaired) electrons. The minimum Gasteiger partial charge on any atom is -0.290 e. The second-order valence-electron chi connectivity index (χ2n) is 5.04. The molecular weight excluding hydrogens is 290 g/mol. The lowest BCUT2D eigenvalue weighted by Crippen LogP contribution is -2.21. The van der Waals surface area contributed by atoms with E-state index in [1.807, 2.05) is 6.92 Å². The summed E-state index contributed by atoms with van der Waals surface area (Å²) in [5, 5.41) is 10.2. The fourth-order valence-electron chi connectivity index (χ4n) is 2.56. The van der Waals surface area contributed by atoms with Gasteiger partial charge < -0.3 is 0 Å². The summed E-state index contributed by atoms with van der Waals surface area (Å²) in [4.78, 5) is 19.4. The smallest absolute Gasteiger partial charge is 0.262 e. The van der Waals surface area contributed by atoms with Crippen LogP contribution in [0.4, 0.5) is 0 Å². The van der Waals surface area contributed by atoms with Gasteiger partial charge in [0.2, 0.25) is 0 Å². The second-order valence-corrected chi connectivity index (χ2v) is 7.43. The molecule has 2 heterocycles. The highest BCUT2D eigenvalue weighted by molar-refractivity contribution is 8.00. The fraction of sp³-hybridized carbons (Fsp3) is 0.500. The van der Waals surface area contributed by atoms with Gasteiger partial charge in [-0.3, -0.25) is 9.36 Å². The first-order valence-electron chi connectivity index (χ1n) is 6.69. The van der Waals surface area contributed by atoms with Gasteiger partial charge in [-0.1, -0.05) is 11.8 Å². The maximum absolute atomic E-state index is 12.6. The number of aryl methyl sites for hydroxylation is 2. The van der Waals surface area contributed by atoms with Gasteiger partial charge in [-0.25, -0.2) is 4.98 Å². The van der Waals surface area contributed by atoms with Crippen LogP contribution in [-0.2, 0) is 19.9 Å². The molecule has 0 aliphatic heterocycles. The summed E-state index contributed by atoms with van der Waals surface area (Å²) in [7, 11) is 1.74. The van der Waals surface area contributed by atoms with Gasteiger partial charge in [-0.2, -0.15) is 5.26 Å². The summed E-state index contributed by atoms with van der Waals surface area (Å²) < 4.78 is 1.59. The zero-order chi connectivity index (χ0) is 14.3.